The van der Waals surface area contributed by atoms with E-state index in [0.29, 0.717) is 17.5 Å². The van der Waals surface area contributed by atoms with Crippen LogP contribution in [-0.2, 0) is 5.75 Å². The van der Waals surface area contributed by atoms with E-state index in [2.05, 4.69) is 15.0 Å². The van der Waals surface area contributed by atoms with Gasteiger partial charge in [-0.3, -0.25) is 0 Å². The molecule has 0 bridgehead atoms. The zero-order valence-corrected chi connectivity index (χ0v) is 12.7. The van der Waals surface area contributed by atoms with Crippen LogP contribution in [-0.4, -0.2) is 32.5 Å². The average molecular weight is 311 g/mol. The highest BCUT2D eigenvalue weighted by molar-refractivity contribution is 8.22. The van der Waals surface area contributed by atoms with Crippen LogP contribution in [0.2, 0.25) is 0 Å². The summed E-state index contributed by atoms with van der Waals surface area (Å²) < 4.78 is 6.19. The maximum atomic E-state index is 5.40. The maximum Gasteiger partial charge on any atom is 0.237 e. The Bertz CT molecular complexity index is 546. The molecule has 0 aliphatic carbocycles. The van der Waals surface area contributed by atoms with Crippen LogP contribution < -0.4 is 0 Å². The Morgan fingerprint density at radius 2 is 2.32 bits per heavy atom. The van der Waals surface area contributed by atoms with Gasteiger partial charge in [0.05, 0.1) is 10.6 Å². The summed E-state index contributed by atoms with van der Waals surface area (Å²) in [5, 5.41) is 5.99. The second-order valence-electron chi connectivity index (χ2n) is 4.24. The third-order valence-corrected chi connectivity index (χ3v) is 5.27. The van der Waals surface area contributed by atoms with Crippen LogP contribution in [0, 0.1) is 0 Å². The minimum absolute atomic E-state index is 0.634. The van der Waals surface area contributed by atoms with Crippen molar-refractivity contribution in [3.05, 3.63) is 23.4 Å². The van der Waals surface area contributed by atoms with Gasteiger partial charge in [-0.05, 0) is 24.3 Å². The van der Waals surface area contributed by atoms with E-state index in [1.165, 1.54) is 12.8 Å². The van der Waals surface area contributed by atoms with Crippen molar-refractivity contribution in [1.82, 2.24) is 15.0 Å². The number of hydrogen-bond acceptors (Lipinski definition) is 6. The van der Waals surface area contributed by atoms with Gasteiger partial charge in [0, 0.05) is 13.1 Å². The Morgan fingerprint density at radius 1 is 1.47 bits per heavy atom. The summed E-state index contributed by atoms with van der Waals surface area (Å²) in [6, 6.07) is 3.97. The summed E-state index contributed by atoms with van der Waals surface area (Å²) in [7, 11) is 0. The molecule has 1 aliphatic heterocycles. The lowest BCUT2D eigenvalue weighted by atomic mass is 10.4. The van der Waals surface area contributed by atoms with E-state index in [0.717, 1.165) is 22.3 Å². The number of likely N-dealkylation sites (tertiary alicyclic amines) is 1. The fraction of sp³-hybridized carbons (Fsp3) is 0.417. The van der Waals surface area contributed by atoms with Crippen molar-refractivity contribution in [3.63, 3.8) is 0 Å². The molecule has 0 saturated carbocycles. The first-order chi connectivity index (χ1) is 9.33. The maximum absolute atomic E-state index is 5.40. The summed E-state index contributed by atoms with van der Waals surface area (Å²) in [5.41, 5.74) is 0. The molecule has 0 aromatic carbocycles. The predicted molar refractivity (Wildman–Crippen MR) is 82.3 cm³/mol. The predicted octanol–water partition coefficient (Wildman–Crippen LogP) is 3.41. The van der Waals surface area contributed by atoms with Gasteiger partial charge in [-0.15, -0.1) is 11.3 Å². The van der Waals surface area contributed by atoms with Crippen LogP contribution in [0.3, 0.4) is 0 Å². The van der Waals surface area contributed by atoms with Crippen molar-refractivity contribution in [2.45, 2.75) is 18.6 Å². The zero-order chi connectivity index (χ0) is 13.1. The Labute approximate surface area is 125 Å². The highest BCUT2D eigenvalue weighted by Gasteiger charge is 2.16. The second kappa shape index (κ2) is 6.02. The molecular formula is C12H13N3OS3. The largest absolute Gasteiger partial charge is 0.358 e. The SMILES string of the molecule is S=C(SCc1nc(-c2cccs2)no1)N1CCCC1. The average Bonchev–Trinajstić information content (AvgIpc) is 3.14. The van der Waals surface area contributed by atoms with Gasteiger partial charge in [0.15, 0.2) is 0 Å². The minimum atomic E-state index is 0.634. The molecule has 100 valence electrons. The first-order valence-corrected chi connectivity index (χ1v) is 8.38. The lowest BCUT2D eigenvalue weighted by Gasteiger charge is -2.16. The fourth-order valence-electron chi connectivity index (χ4n) is 1.93. The summed E-state index contributed by atoms with van der Waals surface area (Å²) >= 11 is 8.61. The summed E-state index contributed by atoms with van der Waals surface area (Å²) in [4.78, 5) is 7.66. The quantitative estimate of drug-likeness (QED) is 0.809. The van der Waals surface area contributed by atoms with Gasteiger partial charge >= 0.3 is 0 Å². The molecule has 0 radical (unpaired) electrons. The Hall–Kier alpha value is -0.920. The molecule has 3 rings (SSSR count). The summed E-state index contributed by atoms with van der Waals surface area (Å²) in [6.45, 7) is 2.16. The highest BCUT2D eigenvalue weighted by Crippen LogP contribution is 2.24. The topological polar surface area (TPSA) is 42.2 Å². The van der Waals surface area contributed by atoms with Crippen LogP contribution in [0.15, 0.2) is 22.0 Å². The third-order valence-electron chi connectivity index (χ3n) is 2.89. The van der Waals surface area contributed by atoms with Gasteiger partial charge in [0.2, 0.25) is 11.7 Å². The Kier molecular flexibility index (Phi) is 4.15. The molecule has 0 amide bonds. The highest BCUT2D eigenvalue weighted by atomic mass is 32.2. The zero-order valence-electron chi connectivity index (χ0n) is 10.2. The van der Waals surface area contributed by atoms with Crippen molar-refractivity contribution in [3.8, 4) is 10.7 Å². The standard InChI is InChI=1S/C12H13N3OS3/c17-12(15-5-1-2-6-15)19-8-10-13-11(14-16-10)9-4-3-7-18-9/h3-4,7H,1-2,5-6,8H2. The summed E-state index contributed by atoms with van der Waals surface area (Å²) in [5.74, 6) is 1.95. The minimum Gasteiger partial charge on any atom is -0.358 e. The second-order valence-corrected chi connectivity index (χ2v) is 6.79. The molecule has 7 heteroatoms. The first-order valence-electron chi connectivity index (χ1n) is 6.11. The van der Waals surface area contributed by atoms with Crippen LogP contribution in [0.25, 0.3) is 10.7 Å². The monoisotopic (exact) mass is 311 g/mol. The molecular weight excluding hydrogens is 298 g/mol. The van der Waals surface area contributed by atoms with E-state index in [9.17, 15) is 0 Å². The number of hydrogen-bond donors (Lipinski definition) is 0. The number of nitrogens with zero attached hydrogens (tertiary/aromatic N) is 3. The van der Waals surface area contributed by atoms with Gasteiger partial charge < -0.3 is 9.42 Å². The Morgan fingerprint density at radius 3 is 3.05 bits per heavy atom. The van der Waals surface area contributed by atoms with Gasteiger partial charge in [0.1, 0.15) is 4.32 Å². The van der Waals surface area contributed by atoms with Crippen LogP contribution in [0.4, 0.5) is 0 Å². The molecule has 19 heavy (non-hydrogen) atoms. The molecule has 4 nitrogen and oxygen atoms in total. The lowest BCUT2D eigenvalue weighted by Crippen LogP contribution is -2.23. The van der Waals surface area contributed by atoms with E-state index in [-0.39, 0.29) is 0 Å². The number of thiophene rings is 1. The third kappa shape index (κ3) is 3.16. The van der Waals surface area contributed by atoms with Crippen molar-refractivity contribution >= 4 is 39.6 Å². The van der Waals surface area contributed by atoms with Crippen molar-refractivity contribution in [1.29, 1.82) is 0 Å². The molecule has 0 atom stereocenters. The Balaban J connectivity index is 1.57. The molecule has 0 N–H and O–H groups in total. The normalized spacial score (nSPS) is 15.1. The number of aromatic nitrogens is 2. The number of rotatable bonds is 3. The fourth-order valence-corrected chi connectivity index (χ4v) is 3.67. The molecule has 1 aliphatic rings. The molecule has 0 unspecified atom stereocenters. The van der Waals surface area contributed by atoms with E-state index in [1.807, 2.05) is 17.5 Å². The van der Waals surface area contributed by atoms with Gasteiger partial charge in [-0.1, -0.05) is 35.2 Å². The molecule has 1 saturated heterocycles. The van der Waals surface area contributed by atoms with E-state index < -0.39 is 0 Å². The summed E-state index contributed by atoms with van der Waals surface area (Å²) in [6.07, 6.45) is 2.48. The smallest absolute Gasteiger partial charge is 0.237 e. The van der Waals surface area contributed by atoms with E-state index in [1.54, 1.807) is 23.1 Å². The van der Waals surface area contributed by atoms with Crippen LogP contribution in [0.1, 0.15) is 18.7 Å². The first kappa shape index (κ1) is 13.1. The van der Waals surface area contributed by atoms with Crippen molar-refractivity contribution in [2.24, 2.45) is 0 Å². The molecule has 2 aromatic rings. The van der Waals surface area contributed by atoms with E-state index in [4.69, 9.17) is 16.7 Å². The number of thioether (sulfide) groups is 1. The number of thiocarbonyl (C=S) groups is 1. The molecule has 2 aromatic heterocycles. The lowest BCUT2D eigenvalue weighted by molar-refractivity contribution is 0.392. The molecule has 0 spiro atoms. The van der Waals surface area contributed by atoms with Crippen molar-refractivity contribution < 1.29 is 4.52 Å². The van der Waals surface area contributed by atoms with Crippen LogP contribution >= 0.6 is 35.3 Å². The van der Waals surface area contributed by atoms with Gasteiger partial charge in [-0.2, -0.15) is 4.98 Å². The van der Waals surface area contributed by atoms with Gasteiger partial charge in [-0.25, -0.2) is 0 Å². The van der Waals surface area contributed by atoms with E-state index >= 15 is 0 Å². The van der Waals surface area contributed by atoms with Crippen molar-refractivity contribution in [2.75, 3.05) is 13.1 Å². The molecule has 3 heterocycles. The van der Waals surface area contributed by atoms with Crippen LogP contribution in [0.5, 0.6) is 0 Å². The van der Waals surface area contributed by atoms with Gasteiger partial charge in [0.25, 0.3) is 0 Å². The molecule has 1 fully saturated rings.